The van der Waals surface area contributed by atoms with E-state index in [0.717, 1.165) is 0 Å². The van der Waals surface area contributed by atoms with Gasteiger partial charge in [0.25, 0.3) is 0 Å². The SMILES string of the molecule is CC(C)(CO)c1nc2ncc(C(=O)O)cc2[nH]1. The zero-order valence-corrected chi connectivity index (χ0v) is 9.56. The molecule has 2 aromatic rings. The normalized spacial score (nSPS) is 11.9. The first kappa shape index (κ1) is 11.5. The van der Waals surface area contributed by atoms with Crippen LogP contribution in [0.1, 0.15) is 30.0 Å². The second-order valence-corrected chi connectivity index (χ2v) is 4.53. The van der Waals surface area contributed by atoms with Crippen LogP contribution in [0.5, 0.6) is 0 Å². The lowest BCUT2D eigenvalue weighted by molar-refractivity contribution is 0.0696. The Labute approximate surface area is 97.3 Å². The van der Waals surface area contributed by atoms with Crippen molar-refractivity contribution in [1.82, 2.24) is 15.0 Å². The monoisotopic (exact) mass is 235 g/mol. The number of carboxylic acids is 1. The molecule has 0 bridgehead atoms. The van der Waals surface area contributed by atoms with Crippen molar-refractivity contribution >= 4 is 17.1 Å². The summed E-state index contributed by atoms with van der Waals surface area (Å²) in [5.74, 6) is -0.443. The highest BCUT2D eigenvalue weighted by atomic mass is 16.4. The van der Waals surface area contributed by atoms with E-state index >= 15 is 0 Å². The maximum absolute atomic E-state index is 10.8. The average Bonchev–Trinajstić information content (AvgIpc) is 2.72. The van der Waals surface area contributed by atoms with Gasteiger partial charge in [-0.1, -0.05) is 13.8 Å². The molecule has 0 aliphatic carbocycles. The van der Waals surface area contributed by atoms with Gasteiger partial charge in [-0.25, -0.2) is 14.8 Å². The van der Waals surface area contributed by atoms with Crippen molar-refractivity contribution in [2.45, 2.75) is 19.3 Å². The second-order valence-electron chi connectivity index (χ2n) is 4.53. The Morgan fingerprint density at radius 1 is 1.53 bits per heavy atom. The number of nitrogens with zero attached hydrogens (tertiary/aromatic N) is 2. The highest BCUT2D eigenvalue weighted by Crippen LogP contribution is 2.22. The fourth-order valence-corrected chi connectivity index (χ4v) is 1.41. The molecule has 0 fully saturated rings. The van der Waals surface area contributed by atoms with E-state index < -0.39 is 11.4 Å². The standard InChI is InChI=1S/C11H13N3O3/c1-11(2,5-15)10-13-7-3-6(9(16)17)4-12-8(7)14-10/h3-4,15H,5H2,1-2H3,(H,16,17)(H,12,13,14). The van der Waals surface area contributed by atoms with E-state index in [4.69, 9.17) is 5.11 Å². The second kappa shape index (κ2) is 3.81. The Morgan fingerprint density at radius 3 is 2.82 bits per heavy atom. The molecular formula is C11H13N3O3. The molecule has 6 nitrogen and oxygen atoms in total. The molecule has 0 unspecified atom stereocenters. The van der Waals surface area contributed by atoms with Crippen LogP contribution in [0, 0.1) is 0 Å². The maximum atomic E-state index is 10.8. The van der Waals surface area contributed by atoms with Gasteiger partial charge in [0, 0.05) is 11.6 Å². The number of carboxylic acid groups (broad SMARTS) is 1. The number of aromatic nitrogens is 3. The molecule has 2 heterocycles. The fourth-order valence-electron chi connectivity index (χ4n) is 1.41. The van der Waals surface area contributed by atoms with Crippen molar-refractivity contribution in [2.75, 3.05) is 6.61 Å². The van der Waals surface area contributed by atoms with Crippen molar-refractivity contribution in [3.05, 3.63) is 23.7 Å². The minimum atomic E-state index is -1.03. The van der Waals surface area contributed by atoms with Crippen molar-refractivity contribution in [2.24, 2.45) is 0 Å². The van der Waals surface area contributed by atoms with Crippen LogP contribution in [0.15, 0.2) is 12.3 Å². The molecule has 90 valence electrons. The zero-order valence-electron chi connectivity index (χ0n) is 9.56. The smallest absolute Gasteiger partial charge is 0.337 e. The van der Waals surface area contributed by atoms with E-state index in [1.165, 1.54) is 12.3 Å². The molecule has 0 radical (unpaired) electrons. The number of aromatic carboxylic acids is 1. The van der Waals surface area contributed by atoms with Gasteiger partial charge in [0.15, 0.2) is 5.65 Å². The van der Waals surface area contributed by atoms with Gasteiger partial charge in [0.2, 0.25) is 0 Å². The molecule has 0 aromatic carbocycles. The van der Waals surface area contributed by atoms with Crippen LogP contribution < -0.4 is 0 Å². The lowest BCUT2D eigenvalue weighted by Gasteiger charge is -2.17. The van der Waals surface area contributed by atoms with Crippen molar-refractivity contribution in [3.63, 3.8) is 0 Å². The summed E-state index contributed by atoms with van der Waals surface area (Å²) in [6, 6.07) is 1.48. The van der Waals surface area contributed by atoms with Crippen molar-refractivity contribution < 1.29 is 15.0 Å². The number of hydrogen-bond donors (Lipinski definition) is 3. The number of rotatable bonds is 3. The van der Waals surface area contributed by atoms with Gasteiger partial charge in [-0.2, -0.15) is 0 Å². The lowest BCUT2D eigenvalue weighted by Crippen LogP contribution is -2.23. The number of hydrogen-bond acceptors (Lipinski definition) is 4. The third-order valence-corrected chi connectivity index (χ3v) is 2.62. The quantitative estimate of drug-likeness (QED) is 0.734. The number of imidazole rings is 1. The van der Waals surface area contributed by atoms with E-state index in [9.17, 15) is 9.90 Å². The van der Waals surface area contributed by atoms with Crippen molar-refractivity contribution in [3.8, 4) is 0 Å². The lowest BCUT2D eigenvalue weighted by atomic mass is 9.94. The van der Waals surface area contributed by atoms with Crippen LogP contribution in [0.2, 0.25) is 0 Å². The third-order valence-electron chi connectivity index (χ3n) is 2.62. The van der Waals surface area contributed by atoms with Gasteiger partial charge in [0.05, 0.1) is 17.7 Å². The Balaban J connectivity index is 2.54. The summed E-state index contributed by atoms with van der Waals surface area (Å²) in [6.07, 6.45) is 1.27. The van der Waals surface area contributed by atoms with Crippen LogP contribution in [-0.2, 0) is 5.41 Å². The van der Waals surface area contributed by atoms with Gasteiger partial charge in [-0.15, -0.1) is 0 Å². The van der Waals surface area contributed by atoms with Gasteiger partial charge in [0.1, 0.15) is 5.82 Å². The van der Waals surface area contributed by atoms with Crippen LogP contribution in [0.25, 0.3) is 11.2 Å². The van der Waals surface area contributed by atoms with E-state index in [2.05, 4.69) is 15.0 Å². The number of aliphatic hydroxyl groups is 1. The first-order valence-electron chi connectivity index (χ1n) is 5.14. The highest BCUT2D eigenvalue weighted by molar-refractivity contribution is 5.90. The topological polar surface area (TPSA) is 99.1 Å². The van der Waals surface area contributed by atoms with E-state index in [1.807, 2.05) is 13.8 Å². The molecule has 3 N–H and O–H groups in total. The Morgan fingerprint density at radius 2 is 2.24 bits per heavy atom. The molecule has 17 heavy (non-hydrogen) atoms. The molecular weight excluding hydrogens is 222 g/mol. The zero-order chi connectivity index (χ0) is 12.6. The molecule has 2 rings (SSSR count). The molecule has 0 amide bonds. The van der Waals surface area contributed by atoms with Crippen molar-refractivity contribution in [1.29, 1.82) is 0 Å². The Bertz CT molecular complexity index is 574. The number of aliphatic hydroxyl groups excluding tert-OH is 1. The Hall–Kier alpha value is -1.95. The van der Waals surface area contributed by atoms with E-state index in [-0.39, 0.29) is 12.2 Å². The molecule has 2 aromatic heterocycles. The third kappa shape index (κ3) is 1.99. The Kier molecular flexibility index (Phi) is 2.59. The predicted molar refractivity (Wildman–Crippen MR) is 61.0 cm³/mol. The van der Waals surface area contributed by atoms with Gasteiger partial charge < -0.3 is 15.2 Å². The molecule has 0 saturated carbocycles. The summed E-state index contributed by atoms with van der Waals surface area (Å²) in [7, 11) is 0. The summed E-state index contributed by atoms with van der Waals surface area (Å²) < 4.78 is 0. The van der Waals surface area contributed by atoms with Crippen LogP contribution in [0.3, 0.4) is 0 Å². The number of fused-ring (bicyclic) bond motifs is 1. The summed E-state index contributed by atoms with van der Waals surface area (Å²) in [5.41, 5.74) is 0.604. The maximum Gasteiger partial charge on any atom is 0.337 e. The van der Waals surface area contributed by atoms with E-state index in [1.54, 1.807) is 0 Å². The first-order valence-corrected chi connectivity index (χ1v) is 5.14. The largest absolute Gasteiger partial charge is 0.478 e. The minimum Gasteiger partial charge on any atom is -0.478 e. The number of carbonyl (C=O) groups is 1. The number of pyridine rings is 1. The molecule has 0 atom stereocenters. The molecule has 0 aliphatic heterocycles. The summed E-state index contributed by atoms with van der Waals surface area (Å²) in [4.78, 5) is 22.0. The summed E-state index contributed by atoms with van der Waals surface area (Å²) >= 11 is 0. The molecule has 6 heteroatoms. The predicted octanol–water partition coefficient (Wildman–Crippen LogP) is 0.926. The van der Waals surface area contributed by atoms with Crippen LogP contribution >= 0.6 is 0 Å². The molecule has 0 aliphatic rings. The summed E-state index contributed by atoms with van der Waals surface area (Å²) in [6.45, 7) is 3.62. The van der Waals surface area contributed by atoms with Gasteiger partial charge in [-0.3, -0.25) is 0 Å². The average molecular weight is 235 g/mol. The number of aromatic amines is 1. The van der Waals surface area contributed by atoms with Crippen LogP contribution in [0.4, 0.5) is 0 Å². The highest BCUT2D eigenvalue weighted by Gasteiger charge is 2.24. The first-order chi connectivity index (χ1) is 7.94. The minimum absolute atomic E-state index is 0.0569. The van der Waals surface area contributed by atoms with Gasteiger partial charge in [-0.05, 0) is 6.07 Å². The fraction of sp³-hybridized carbons (Fsp3) is 0.364. The molecule has 0 saturated heterocycles. The molecule has 0 spiro atoms. The van der Waals surface area contributed by atoms with Crippen LogP contribution in [-0.4, -0.2) is 37.7 Å². The summed E-state index contributed by atoms with van der Waals surface area (Å²) in [5, 5.41) is 18.1. The van der Waals surface area contributed by atoms with Gasteiger partial charge >= 0.3 is 5.97 Å². The number of H-pyrrole nitrogens is 1. The van der Waals surface area contributed by atoms with E-state index in [0.29, 0.717) is 17.0 Å². The number of nitrogens with one attached hydrogen (secondary N) is 1.